The van der Waals surface area contributed by atoms with Gasteiger partial charge in [-0.25, -0.2) is 0 Å². The Labute approximate surface area is 123 Å². The minimum Gasteiger partial charge on any atom is -0.297 e. The first-order valence-electron chi connectivity index (χ1n) is 8.60. The fourth-order valence-electron chi connectivity index (χ4n) is 5.51. The zero-order valence-corrected chi connectivity index (χ0v) is 12.9. The molecule has 1 aromatic rings. The van der Waals surface area contributed by atoms with Crippen molar-refractivity contribution in [2.45, 2.75) is 64.0 Å². The maximum absolute atomic E-state index is 2.88. The SMILES string of the molecule is CCCC1C2C3CCN2[C@H](C3)C[C@@H]1c1ccc(C)cc1. The van der Waals surface area contributed by atoms with Gasteiger partial charge in [-0.2, -0.15) is 0 Å². The molecule has 3 saturated heterocycles. The fourth-order valence-corrected chi connectivity index (χ4v) is 5.51. The van der Waals surface area contributed by atoms with Gasteiger partial charge in [0.25, 0.3) is 0 Å². The number of hydrogen-bond donors (Lipinski definition) is 0. The number of rotatable bonds is 3. The van der Waals surface area contributed by atoms with Gasteiger partial charge < -0.3 is 0 Å². The Bertz CT molecular complexity index is 477. The predicted molar refractivity (Wildman–Crippen MR) is 83.9 cm³/mol. The molecule has 3 heterocycles. The van der Waals surface area contributed by atoms with Crippen LogP contribution in [-0.2, 0) is 0 Å². The van der Waals surface area contributed by atoms with Crippen molar-refractivity contribution in [2.75, 3.05) is 6.54 Å². The highest BCUT2D eigenvalue weighted by Crippen LogP contribution is 2.54. The predicted octanol–water partition coefficient (Wildman–Crippen LogP) is 4.36. The Morgan fingerprint density at radius 3 is 2.70 bits per heavy atom. The highest BCUT2D eigenvalue weighted by Gasteiger charge is 2.54. The van der Waals surface area contributed by atoms with Crippen LogP contribution in [0.15, 0.2) is 24.3 Å². The minimum atomic E-state index is 0.824. The van der Waals surface area contributed by atoms with Crippen molar-refractivity contribution >= 4 is 0 Å². The van der Waals surface area contributed by atoms with Crippen molar-refractivity contribution in [3.05, 3.63) is 35.4 Å². The number of nitrogens with zero attached hydrogens (tertiary/aromatic N) is 1. The van der Waals surface area contributed by atoms with E-state index in [0.29, 0.717) is 0 Å². The minimum absolute atomic E-state index is 0.824. The van der Waals surface area contributed by atoms with E-state index in [1.54, 1.807) is 5.56 Å². The van der Waals surface area contributed by atoms with Gasteiger partial charge in [-0.1, -0.05) is 43.2 Å². The maximum atomic E-state index is 2.88. The second-order valence-electron chi connectivity index (χ2n) is 7.37. The van der Waals surface area contributed by atoms with E-state index in [1.165, 1.54) is 44.2 Å². The van der Waals surface area contributed by atoms with Crippen molar-refractivity contribution in [1.29, 1.82) is 0 Å². The molecule has 0 radical (unpaired) electrons. The summed E-state index contributed by atoms with van der Waals surface area (Å²) in [5.41, 5.74) is 3.01. The molecular weight excluding hydrogens is 242 g/mol. The van der Waals surface area contributed by atoms with E-state index < -0.39 is 0 Å². The molecular formula is C19H27N. The average Bonchev–Trinajstić information content (AvgIpc) is 2.98. The van der Waals surface area contributed by atoms with E-state index in [-0.39, 0.29) is 0 Å². The van der Waals surface area contributed by atoms with Gasteiger partial charge in [0, 0.05) is 12.1 Å². The Hall–Kier alpha value is -0.820. The zero-order chi connectivity index (χ0) is 13.7. The van der Waals surface area contributed by atoms with Crippen molar-refractivity contribution in [3.8, 4) is 0 Å². The topological polar surface area (TPSA) is 3.24 Å². The standard InChI is InChI=1S/C19H27N/c1-3-4-17-18(14-7-5-13(2)6-8-14)12-16-11-15-9-10-20(16)19(15)17/h5-8,15-19H,3-4,9-12H2,1-2H3/t15?,16-,17?,18-,19?/m1/s1. The molecule has 6 atom stereocenters. The van der Waals surface area contributed by atoms with Crippen molar-refractivity contribution in [1.82, 2.24) is 4.90 Å². The molecule has 1 heteroatoms. The van der Waals surface area contributed by atoms with Gasteiger partial charge in [-0.05, 0) is 62.5 Å². The maximum Gasteiger partial charge on any atom is 0.0162 e. The molecule has 1 aromatic carbocycles. The Kier molecular flexibility index (Phi) is 3.14. The summed E-state index contributed by atoms with van der Waals surface area (Å²) in [4.78, 5) is 2.88. The third-order valence-corrected chi connectivity index (χ3v) is 6.28. The van der Waals surface area contributed by atoms with Crippen LogP contribution in [0, 0.1) is 18.8 Å². The van der Waals surface area contributed by atoms with Crippen LogP contribution in [0.4, 0.5) is 0 Å². The Balaban J connectivity index is 1.66. The van der Waals surface area contributed by atoms with Gasteiger partial charge in [-0.15, -0.1) is 0 Å². The van der Waals surface area contributed by atoms with Gasteiger partial charge >= 0.3 is 0 Å². The van der Waals surface area contributed by atoms with E-state index in [9.17, 15) is 0 Å². The Morgan fingerprint density at radius 1 is 1.15 bits per heavy atom. The third kappa shape index (κ3) is 1.86. The lowest BCUT2D eigenvalue weighted by Crippen LogP contribution is -2.46. The lowest BCUT2D eigenvalue weighted by Gasteiger charge is -2.43. The Morgan fingerprint density at radius 2 is 1.95 bits per heavy atom. The normalized spacial score (nSPS) is 42.1. The summed E-state index contributed by atoms with van der Waals surface area (Å²) < 4.78 is 0. The molecule has 108 valence electrons. The smallest absolute Gasteiger partial charge is 0.0162 e. The highest BCUT2D eigenvalue weighted by atomic mass is 15.3. The summed E-state index contributed by atoms with van der Waals surface area (Å²) in [5.74, 6) is 2.76. The van der Waals surface area contributed by atoms with Crippen LogP contribution in [-0.4, -0.2) is 23.5 Å². The van der Waals surface area contributed by atoms with Gasteiger partial charge in [0.1, 0.15) is 0 Å². The first-order valence-corrected chi connectivity index (χ1v) is 8.60. The highest BCUT2D eigenvalue weighted by molar-refractivity contribution is 5.28. The summed E-state index contributed by atoms with van der Waals surface area (Å²) in [6.45, 7) is 5.95. The van der Waals surface area contributed by atoms with Gasteiger partial charge in [-0.3, -0.25) is 4.90 Å². The molecule has 3 aliphatic rings. The molecule has 20 heavy (non-hydrogen) atoms. The summed E-state index contributed by atoms with van der Waals surface area (Å²) in [6, 6.07) is 11.3. The first-order chi connectivity index (χ1) is 9.78. The first kappa shape index (κ1) is 12.9. The molecule has 0 spiro atoms. The molecule has 3 fully saturated rings. The van der Waals surface area contributed by atoms with Crippen LogP contribution in [0.25, 0.3) is 0 Å². The number of benzene rings is 1. The molecule has 0 aromatic heterocycles. The van der Waals surface area contributed by atoms with Crippen LogP contribution in [0.2, 0.25) is 0 Å². The van der Waals surface area contributed by atoms with E-state index in [1.807, 2.05) is 0 Å². The second-order valence-corrected chi connectivity index (χ2v) is 7.37. The molecule has 1 nitrogen and oxygen atoms in total. The van der Waals surface area contributed by atoms with Crippen LogP contribution < -0.4 is 0 Å². The lowest BCUT2D eigenvalue weighted by molar-refractivity contribution is 0.0894. The zero-order valence-electron chi connectivity index (χ0n) is 12.9. The largest absolute Gasteiger partial charge is 0.297 e. The van der Waals surface area contributed by atoms with Crippen molar-refractivity contribution in [2.24, 2.45) is 11.8 Å². The average molecular weight is 269 g/mol. The monoisotopic (exact) mass is 269 g/mol. The number of piperidine rings is 2. The van der Waals surface area contributed by atoms with Crippen molar-refractivity contribution < 1.29 is 0 Å². The molecule has 0 aliphatic carbocycles. The molecule has 0 N–H and O–H groups in total. The molecule has 0 saturated carbocycles. The third-order valence-electron chi connectivity index (χ3n) is 6.28. The van der Waals surface area contributed by atoms with Gasteiger partial charge in [0.15, 0.2) is 0 Å². The second kappa shape index (κ2) is 4.87. The molecule has 4 unspecified atom stereocenters. The van der Waals surface area contributed by atoms with Crippen LogP contribution in [0.3, 0.4) is 0 Å². The number of aryl methyl sites for hydroxylation is 1. The summed E-state index contributed by atoms with van der Waals surface area (Å²) in [6.07, 6.45) is 7.15. The van der Waals surface area contributed by atoms with Gasteiger partial charge in [0.2, 0.25) is 0 Å². The summed E-state index contributed by atoms with van der Waals surface area (Å²) in [5, 5.41) is 0. The quantitative estimate of drug-likeness (QED) is 0.788. The lowest BCUT2D eigenvalue weighted by atomic mass is 9.73. The van der Waals surface area contributed by atoms with Crippen LogP contribution >= 0.6 is 0 Å². The summed E-state index contributed by atoms with van der Waals surface area (Å²) >= 11 is 0. The van der Waals surface area contributed by atoms with E-state index >= 15 is 0 Å². The van der Waals surface area contributed by atoms with E-state index in [4.69, 9.17) is 0 Å². The number of hydrogen-bond acceptors (Lipinski definition) is 1. The van der Waals surface area contributed by atoms with E-state index in [0.717, 1.165) is 29.8 Å². The fraction of sp³-hybridized carbons (Fsp3) is 0.684. The molecule has 0 amide bonds. The van der Waals surface area contributed by atoms with Crippen molar-refractivity contribution in [3.63, 3.8) is 0 Å². The van der Waals surface area contributed by atoms with Crippen LogP contribution in [0.1, 0.15) is 56.1 Å². The summed E-state index contributed by atoms with van der Waals surface area (Å²) in [7, 11) is 0. The molecule has 4 rings (SSSR count). The van der Waals surface area contributed by atoms with E-state index in [2.05, 4.69) is 43.0 Å². The van der Waals surface area contributed by atoms with Crippen LogP contribution in [0.5, 0.6) is 0 Å². The molecule has 3 aliphatic heterocycles. The van der Waals surface area contributed by atoms with Gasteiger partial charge in [0.05, 0.1) is 0 Å². The molecule has 4 bridgehead atoms.